The lowest BCUT2D eigenvalue weighted by molar-refractivity contribution is 0.102. The minimum absolute atomic E-state index is 0.125. The number of carbonyl (C=O) groups excluding carboxylic acids is 1. The van der Waals surface area contributed by atoms with Crippen molar-refractivity contribution in [3.8, 4) is 5.75 Å². The van der Waals surface area contributed by atoms with Crippen LogP contribution >= 0.6 is 22.9 Å². The van der Waals surface area contributed by atoms with Crippen molar-refractivity contribution in [3.05, 3.63) is 86.2 Å². The number of aryl methyl sites for hydroxylation is 1. The van der Waals surface area contributed by atoms with E-state index in [-0.39, 0.29) is 18.1 Å². The first kappa shape index (κ1) is 20.1. The number of hydrogen-bond donors (Lipinski definition) is 1. The summed E-state index contributed by atoms with van der Waals surface area (Å²) in [6.07, 6.45) is 0.744. The molecule has 152 valence electrons. The van der Waals surface area contributed by atoms with Gasteiger partial charge < -0.3 is 10.1 Å². The molecule has 7 nitrogen and oxygen atoms in total. The molecule has 4 rings (SSSR count). The van der Waals surface area contributed by atoms with Gasteiger partial charge in [0.1, 0.15) is 17.4 Å². The van der Waals surface area contributed by atoms with Crippen molar-refractivity contribution < 1.29 is 9.53 Å². The highest BCUT2D eigenvalue weighted by molar-refractivity contribution is 7.16. The van der Waals surface area contributed by atoms with Crippen LogP contribution in [-0.2, 0) is 13.0 Å². The Labute approximate surface area is 180 Å². The SMILES string of the molecule is CCc1nn2c(=O)cc(COc3cccc(NC(=O)c4ccc(Cl)cc4)c3)nc2s1. The number of carbonyl (C=O) groups is 1. The topological polar surface area (TPSA) is 85.6 Å². The van der Waals surface area contributed by atoms with Crippen LogP contribution in [0.1, 0.15) is 28.0 Å². The maximum absolute atomic E-state index is 12.4. The first-order valence-electron chi connectivity index (χ1n) is 9.20. The fraction of sp³-hybridized carbons (Fsp3) is 0.143. The molecule has 0 spiro atoms. The van der Waals surface area contributed by atoms with Crippen molar-refractivity contribution in [2.24, 2.45) is 0 Å². The average Bonchev–Trinajstić information content (AvgIpc) is 3.17. The number of hydrogen-bond acceptors (Lipinski definition) is 6. The maximum Gasteiger partial charge on any atom is 0.275 e. The zero-order valence-corrected chi connectivity index (χ0v) is 17.5. The Morgan fingerprint density at radius 1 is 1.20 bits per heavy atom. The highest BCUT2D eigenvalue weighted by Crippen LogP contribution is 2.20. The summed E-state index contributed by atoms with van der Waals surface area (Å²) < 4.78 is 7.08. The van der Waals surface area contributed by atoms with Crippen molar-refractivity contribution >= 4 is 39.5 Å². The molecule has 0 saturated heterocycles. The summed E-state index contributed by atoms with van der Waals surface area (Å²) in [4.78, 5) is 29.6. The number of rotatable bonds is 6. The number of nitrogens with zero attached hydrogens (tertiary/aromatic N) is 3. The van der Waals surface area contributed by atoms with Gasteiger partial charge >= 0.3 is 0 Å². The van der Waals surface area contributed by atoms with Crippen LogP contribution in [0.2, 0.25) is 5.02 Å². The molecule has 0 atom stereocenters. The van der Waals surface area contributed by atoms with Crippen molar-refractivity contribution in [2.75, 3.05) is 5.32 Å². The molecule has 0 fully saturated rings. The van der Waals surface area contributed by atoms with E-state index in [4.69, 9.17) is 16.3 Å². The second kappa shape index (κ2) is 8.64. The standard InChI is InChI=1S/C21H17ClN4O3S/c1-2-18-25-26-19(27)11-16(24-21(26)30-18)12-29-17-5-3-4-15(10-17)23-20(28)13-6-8-14(22)9-7-13/h3-11H,2,12H2,1H3,(H,23,28). The molecule has 9 heteroatoms. The van der Waals surface area contributed by atoms with Crippen LogP contribution in [0.15, 0.2) is 59.4 Å². The number of benzene rings is 2. The maximum atomic E-state index is 12.4. The molecule has 0 aliphatic heterocycles. The molecule has 0 saturated carbocycles. The number of ether oxygens (including phenoxy) is 1. The summed E-state index contributed by atoms with van der Waals surface area (Å²) >= 11 is 7.24. The van der Waals surface area contributed by atoms with Crippen molar-refractivity contribution in [2.45, 2.75) is 20.0 Å². The van der Waals surface area contributed by atoms with Gasteiger partial charge in [-0.25, -0.2) is 4.98 Å². The molecule has 2 aromatic heterocycles. The number of anilines is 1. The quantitative estimate of drug-likeness (QED) is 0.485. The second-order valence-electron chi connectivity index (χ2n) is 6.41. The molecular formula is C21H17ClN4O3S. The van der Waals surface area contributed by atoms with Gasteiger partial charge in [0.2, 0.25) is 4.96 Å². The monoisotopic (exact) mass is 440 g/mol. The van der Waals surface area contributed by atoms with Crippen LogP contribution in [0.3, 0.4) is 0 Å². The minimum atomic E-state index is -0.249. The third-order valence-electron chi connectivity index (χ3n) is 4.23. The van der Waals surface area contributed by atoms with Gasteiger partial charge in [0, 0.05) is 28.4 Å². The minimum Gasteiger partial charge on any atom is -0.487 e. The van der Waals surface area contributed by atoms with Crippen molar-refractivity contribution in [1.82, 2.24) is 14.6 Å². The van der Waals surface area contributed by atoms with Gasteiger partial charge in [-0.15, -0.1) is 0 Å². The predicted octanol–water partition coefficient (Wildman–Crippen LogP) is 4.20. The van der Waals surface area contributed by atoms with Gasteiger partial charge in [0.05, 0.1) is 5.69 Å². The fourth-order valence-corrected chi connectivity index (χ4v) is 3.72. The summed E-state index contributed by atoms with van der Waals surface area (Å²) in [5, 5.41) is 8.47. The van der Waals surface area contributed by atoms with E-state index in [1.807, 2.05) is 6.92 Å². The molecule has 0 aliphatic carbocycles. The first-order chi connectivity index (χ1) is 14.5. The number of nitrogens with one attached hydrogen (secondary N) is 1. The van der Waals surface area contributed by atoms with E-state index in [0.717, 1.165) is 11.4 Å². The highest BCUT2D eigenvalue weighted by atomic mass is 35.5. The molecule has 0 radical (unpaired) electrons. The lowest BCUT2D eigenvalue weighted by Crippen LogP contribution is -2.16. The molecule has 0 bridgehead atoms. The zero-order chi connectivity index (χ0) is 21.1. The van der Waals surface area contributed by atoms with Gasteiger partial charge in [-0.1, -0.05) is 35.9 Å². The second-order valence-corrected chi connectivity index (χ2v) is 7.88. The summed E-state index contributed by atoms with van der Waals surface area (Å²) in [5.41, 5.74) is 1.37. The summed E-state index contributed by atoms with van der Waals surface area (Å²) in [7, 11) is 0. The lowest BCUT2D eigenvalue weighted by atomic mass is 10.2. The molecule has 30 heavy (non-hydrogen) atoms. The predicted molar refractivity (Wildman–Crippen MR) is 117 cm³/mol. The highest BCUT2D eigenvalue weighted by Gasteiger charge is 2.10. The van der Waals surface area contributed by atoms with Gasteiger partial charge in [0.15, 0.2) is 0 Å². The first-order valence-corrected chi connectivity index (χ1v) is 10.4. The molecule has 4 aromatic rings. The largest absolute Gasteiger partial charge is 0.487 e. The van der Waals surface area contributed by atoms with Gasteiger partial charge in [-0.05, 0) is 42.8 Å². The van der Waals surface area contributed by atoms with Crippen molar-refractivity contribution in [1.29, 1.82) is 0 Å². The van der Waals surface area contributed by atoms with Gasteiger partial charge in [-0.3, -0.25) is 9.59 Å². The van der Waals surface area contributed by atoms with Crippen LogP contribution in [0, 0.1) is 0 Å². The third kappa shape index (κ3) is 4.50. The van der Waals surface area contributed by atoms with E-state index in [1.165, 1.54) is 21.9 Å². The zero-order valence-electron chi connectivity index (χ0n) is 16.0. The molecule has 0 unspecified atom stereocenters. The Morgan fingerprint density at radius 3 is 2.77 bits per heavy atom. The Morgan fingerprint density at radius 2 is 2.00 bits per heavy atom. The summed E-state index contributed by atoms with van der Waals surface area (Å²) in [5.74, 6) is 0.297. The molecule has 1 N–H and O–H groups in total. The Kier molecular flexibility index (Phi) is 5.78. The van der Waals surface area contributed by atoms with Crippen LogP contribution in [-0.4, -0.2) is 20.5 Å². The Hall–Kier alpha value is -3.23. The van der Waals surface area contributed by atoms with E-state index in [9.17, 15) is 9.59 Å². The number of amides is 1. The smallest absolute Gasteiger partial charge is 0.275 e. The Balaban J connectivity index is 1.45. The van der Waals surface area contributed by atoms with Crippen LogP contribution in [0.25, 0.3) is 4.96 Å². The number of aromatic nitrogens is 3. The van der Waals surface area contributed by atoms with Gasteiger partial charge in [-0.2, -0.15) is 9.61 Å². The molecular weight excluding hydrogens is 424 g/mol. The van der Waals surface area contributed by atoms with E-state index in [1.54, 1.807) is 48.5 Å². The Bertz CT molecular complexity index is 1270. The molecule has 1 amide bonds. The summed E-state index contributed by atoms with van der Waals surface area (Å²) in [6, 6.07) is 15.1. The van der Waals surface area contributed by atoms with Crippen LogP contribution in [0.5, 0.6) is 5.75 Å². The van der Waals surface area contributed by atoms with Crippen LogP contribution < -0.4 is 15.6 Å². The lowest BCUT2D eigenvalue weighted by Gasteiger charge is -2.09. The third-order valence-corrected chi connectivity index (χ3v) is 5.53. The molecule has 2 aromatic carbocycles. The van der Waals surface area contributed by atoms with E-state index < -0.39 is 0 Å². The normalized spacial score (nSPS) is 10.9. The van der Waals surface area contributed by atoms with E-state index >= 15 is 0 Å². The molecule has 0 aliphatic rings. The number of halogens is 1. The van der Waals surface area contributed by atoms with E-state index in [0.29, 0.717) is 32.7 Å². The average molecular weight is 441 g/mol. The molecule has 2 heterocycles. The number of fused-ring (bicyclic) bond motifs is 1. The van der Waals surface area contributed by atoms with Gasteiger partial charge in [0.25, 0.3) is 11.5 Å². The van der Waals surface area contributed by atoms with Crippen LogP contribution in [0.4, 0.5) is 5.69 Å². The fourth-order valence-electron chi connectivity index (χ4n) is 2.74. The van der Waals surface area contributed by atoms with Crippen molar-refractivity contribution in [3.63, 3.8) is 0 Å². The summed E-state index contributed by atoms with van der Waals surface area (Å²) in [6.45, 7) is 2.10. The van der Waals surface area contributed by atoms with E-state index in [2.05, 4.69) is 15.4 Å².